The Morgan fingerprint density at radius 2 is 1.76 bits per heavy atom. The molecule has 204 valence electrons. The Morgan fingerprint density at radius 1 is 1.11 bits per heavy atom. The van der Waals surface area contributed by atoms with Gasteiger partial charge >= 0.3 is 18.2 Å². The van der Waals surface area contributed by atoms with E-state index < -0.39 is 56.7 Å². The van der Waals surface area contributed by atoms with E-state index in [2.05, 4.69) is 5.32 Å². The van der Waals surface area contributed by atoms with Gasteiger partial charge in [-0.2, -0.15) is 13.2 Å². The Balaban J connectivity index is 2.16. The molecule has 0 bridgehead atoms. The fourth-order valence-electron chi connectivity index (χ4n) is 3.34. The number of carbonyl (C=O) groups excluding carboxylic acids is 1. The summed E-state index contributed by atoms with van der Waals surface area (Å²) < 4.78 is 67.3. The fraction of sp³-hybridized carbons (Fsp3) is 0.417. The van der Waals surface area contributed by atoms with Crippen LogP contribution in [0.15, 0.2) is 36.4 Å². The molecular formula is C24H27Cl2F3N2O5S. The summed E-state index contributed by atoms with van der Waals surface area (Å²) in [4.78, 5) is 23.3. The van der Waals surface area contributed by atoms with Crippen LogP contribution in [-0.2, 0) is 31.9 Å². The van der Waals surface area contributed by atoms with Crippen molar-refractivity contribution in [2.45, 2.75) is 51.4 Å². The molecule has 0 heterocycles. The Bertz CT molecular complexity index is 1260. The van der Waals surface area contributed by atoms with Crippen molar-refractivity contribution in [1.29, 1.82) is 4.78 Å². The lowest BCUT2D eigenvalue weighted by Crippen LogP contribution is -2.44. The first-order chi connectivity index (χ1) is 16.9. The number of benzene rings is 2. The number of alkyl carbamates (subject to hydrolysis) is 1. The van der Waals surface area contributed by atoms with Crippen LogP contribution in [0.1, 0.15) is 38.3 Å². The van der Waals surface area contributed by atoms with E-state index in [4.69, 9.17) is 32.7 Å². The average Bonchev–Trinajstić information content (AvgIpc) is 2.73. The van der Waals surface area contributed by atoms with Crippen molar-refractivity contribution in [2.75, 3.05) is 11.5 Å². The molecule has 0 fully saturated rings. The molecule has 0 saturated heterocycles. The topological polar surface area (TPSA) is 117 Å². The van der Waals surface area contributed by atoms with Gasteiger partial charge < -0.3 is 15.2 Å². The largest absolute Gasteiger partial charge is 0.480 e. The zero-order valence-electron chi connectivity index (χ0n) is 20.2. The molecular weight excluding hydrogens is 556 g/mol. The quantitative estimate of drug-likeness (QED) is 0.306. The molecule has 13 heteroatoms. The van der Waals surface area contributed by atoms with E-state index in [9.17, 15) is 32.1 Å². The normalized spacial score (nSPS) is 14.5. The summed E-state index contributed by atoms with van der Waals surface area (Å²) in [6.45, 7) is 4.76. The van der Waals surface area contributed by atoms with Gasteiger partial charge in [-0.1, -0.05) is 41.4 Å². The van der Waals surface area contributed by atoms with Crippen molar-refractivity contribution in [3.05, 3.63) is 57.6 Å². The zero-order valence-corrected chi connectivity index (χ0v) is 22.6. The predicted molar refractivity (Wildman–Crippen MR) is 137 cm³/mol. The third-order valence-corrected chi connectivity index (χ3v) is 7.39. The van der Waals surface area contributed by atoms with Crippen LogP contribution in [0, 0.1) is 4.78 Å². The molecule has 0 radical (unpaired) electrons. The maximum atomic E-state index is 13.8. The third-order valence-electron chi connectivity index (χ3n) is 5.08. The number of ether oxygens (including phenoxy) is 1. The highest BCUT2D eigenvalue weighted by Crippen LogP contribution is 2.37. The van der Waals surface area contributed by atoms with Crippen LogP contribution < -0.4 is 5.32 Å². The molecule has 0 aliphatic rings. The number of carboxylic acid groups (broad SMARTS) is 1. The van der Waals surface area contributed by atoms with Crippen LogP contribution >= 0.6 is 23.2 Å². The van der Waals surface area contributed by atoms with Crippen molar-refractivity contribution in [3.63, 3.8) is 0 Å². The molecule has 2 atom stereocenters. The van der Waals surface area contributed by atoms with Crippen LogP contribution in [0.4, 0.5) is 18.0 Å². The highest BCUT2D eigenvalue weighted by molar-refractivity contribution is 7.92. The van der Waals surface area contributed by atoms with Gasteiger partial charge in [0.2, 0.25) is 0 Å². The summed E-state index contributed by atoms with van der Waals surface area (Å²) in [6.07, 6.45) is -6.41. The lowest BCUT2D eigenvalue weighted by Gasteiger charge is -2.22. The Morgan fingerprint density at radius 3 is 2.30 bits per heavy atom. The molecule has 2 aromatic rings. The van der Waals surface area contributed by atoms with Gasteiger partial charge in [-0.3, -0.25) is 4.78 Å². The van der Waals surface area contributed by atoms with E-state index in [0.717, 1.165) is 6.07 Å². The first kappa shape index (κ1) is 30.7. The smallest absolute Gasteiger partial charge is 0.416 e. The summed E-state index contributed by atoms with van der Waals surface area (Å²) >= 11 is 12.0. The predicted octanol–water partition coefficient (Wildman–Crippen LogP) is 6.64. The van der Waals surface area contributed by atoms with Crippen molar-refractivity contribution >= 4 is 45.0 Å². The molecule has 1 amide bonds. The molecule has 3 N–H and O–H groups in total. The number of nitrogens with one attached hydrogen (secondary N) is 2. The molecule has 0 aliphatic heterocycles. The second kappa shape index (κ2) is 11.9. The van der Waals surface area contributed by atoms with Gasteiger partial charge in [-0.05, 0) is 62.9 Å². The molecule has 0 spiro atoms. The summed E-state index contributed by atoms with van der Waals surface area (Å²) in [6, 6.07) is 6.55. The highest BCUT2D eigenvalue weighted by Gasteiger charge is 2.34. The zero-order chi connectivity index (χ0) is 28.2. The molecule has 1 unspecified atom stereocenters. The highest BCUT2D eigenvalue weighted by atomic mass is 35.5. The van der Waals surface area contributed by atoms with Crippen molar-refractivity contribution < 1.29 is 36.8 Å². The van der Waals surface area contributed by atoms with Crippen molar-refractivity contribution in [1.82, 2.24) is 5.32 Å². The lowest BCUT2D eigenvalue weighted by molar-refractivity contribution is -0.139. The summed E-state index contributed by atoms with van der Waals surface area (Å²) in [5.41, 5.74) is -1.43. The van der Waals surface area contributed by atoms with Gasteiger partial charge in [-0.25, -0.2) is 13.8 Å². The monoisotopic (exact) mass is 582 g/mol. The van der Waals surface area contributed by atoms with E-state index in [1.165, 1.54) is 30.3 Å². The molecule has 7 nitrogen and oxygen atoms in total. The van der Waals surface area contributed by atoms with Gasteiger partial charge in [-0.15, -0.1) is 0 Å². The number of amides is 1. The first-order valence-corrected chi connectivity index (χ1v) is 13.7. The Kier molecular flexibility index (Phi) is 9.89. The van der Waals surface area contributed by atoms with E-state index >= 15 is 0 Å². The number of carbonyl (C=O) groups is 2. The summed E-state index contributed by atoms with van der Waals surface area (Å²) in [7, 11) is -3.47. The molecule has 0 aromatic heterocycles. The molecule has 2 aromatic carbocycles. The van der Waals surface area contributed by atoms with Gasteiger partial charge in [0, 0.05) is 36.8 Å². The fourth-order valence-corrected chi connectivity index (χ4v) is 5.23. The summed E-state index contributed by atoms with van der Waals surface area (Å²) in [5.74, 6) is -2.30. The number of hydrogen-bond acceptors (Lipinski definition) is 5. The van der Waals surface area contributed by atoms with Crippen LogP contribution in [0.25, 0.3) is 11.1 Å². The molecule has 0 aliphatic carbocycles. The van der Waals surface area contributed by atoms with Crippen LogP contribution in [-0.4, -0.2) is 44.5 Å². The van der Waals surface area contributed by atoms with E-state index in [0.29, 0.717) is 10.6 Å². The number of hydrogen-bond donors (Lipinski definition) is 3. The molecule has 2 rings (SSSR count). The lowest BCUT2D eigenvalue weighted by atomic mass is 9.97. The minimum atomic E-state index is -4.72. The number of carboxylic acids is 1. The van der Waals surface area contributed by atoms with Crippen molar-refractivity contribution in [3.8, 4) is 11.1 Å². The molecule has 37 heavy (non-hydrogen) atoms. The van der Waals surface area contributed by atoms with E-state index in [1.54, 1.807) is 20.8 Å². The van der Waals surface area contributed by atoms with E-state index in [1.807, 2.05) is 0 Å². The van der Waals surface area contributed by atoms with Crippen LogP contribution in [0.3, 0.4) is 0 Å². The standard InChI is InChI=1S/C24H27Cl2F3N2O5S/c1-23(2,3)36-22(34)31-20(21(32)33)9-11-37(30,35)10-8-14-4-5-15(12-18(14)24(27,28)29)17-7-6-16(25)13-19(17)26/h4-7,12-13,20,30H,8-11H2,1-3H3,(H,31,34)(H,32,33)/t20-,37?/m0/s1. The number of aliphatic carboxylic acids is 1. The molecule has 0 saturated carbocycles. The van der Waals surface area contributed by atoms with Gasteiger partial charge in [0.25, 0.3) is 0 Å². The Labute approximate surface area is 223 Å². The summed E-state index contributed by atoms with van der Waals surface area (Å²) in [5, 5.41) is 12.0. The van der Waals surface area contributed by atoms with Gasteiger partial charge in [0.1, 0.15) is 11.6 Å². The maximum Gasteiger partial charge on any atom is 0.416 e. The SMILES string of the molecule is CC(C)(C)OC(=O)N[C@@H](CCS(=N)(=O)CCc1ccc(-c2ccc(Cl)cc2Cl)cc1C(F)(F)F)C(=O)O. The Hall–Kier alpha value is -2.50. The maximum absolute atomic E-state index is 13.8. The first-order valence-electron chi connectivity index (χ1n) is 11.0. The number of halogens is 5. The van der Waals surface area contributed by atoms with Crippen LogP contribution in [0.5, 0.6) is 0 Å². The number of aryl methyl sites for hydroxylation is 1. The van der Waals surface area contributed by atoms with Crippen molar-refractivity contribution in [2.24, 2.45) is 0 Å². The second-order valence-corrected chi connectivity index (χ2v) is 12.6. The number of alkyl halides is 3. The second-order valence-electron chi connectivity index (χ2n) is 9.29. The average molecular weight is 583 g/mol. The van der Waals surface area contributed by atoms with Crippen LogP contribution in [0.2, 0.25) is 10.0 Å². The van der Waals surface area contributed by atoms with E-state index in [-0.39, 0.29) is 29.0 Å². The van der Waals surface area contributed by atoms with Gasteiger partial charge in [0.15, 0.2) is 0 Å². The number of rotatable bonds is 9. The van der Waals surface area contributed by atoms with Gasteiger partial charge in [0.05, 0.1) is 5.56 Å². The minimum Gasteiger partial charge on any atom is -0.480 e. The minimum absolute atomic E-state index is 0.164. The third kappa shape index (κ3) is 9.71.